The quantitative estimate of drug-likeness (QED) is 0.573. The predicted molar refractivity (Wildman–Crippen MR) is 85.5 cm³/mol. The van der Waals surface area contributed by atoms with Crippen molar-refractivity contribution in [3.8, 4) is 0 Å². The van der Waals surface area contributed by atoms with Crippen LogP contribution in [0, 0.1) is 0 Å². The molecule has 0 bridgehead atoms. The summed E-state index contributed by atoms with van der Waals surface area (Å²) in [5.41, 5.74) is 0.720. The minimum absolute atomic E-state index is 0.110. The van der Waals surface area contributed by atoms with E-state index >= 15 is 0 Å². The summed E-state index contributed by atoms with van der Waals surface area (Å²) in [6, 6.07) is 7.41. The van der Waals surface area contributed by atoms with E-state index < -0.39 is 0 Å². The summed E-state index contributed by atoms with van der Waals surface area (Å²) in [6.45, 7) is 1.90. The van der Waals surface area contributed by atoms with Gasteiger partial charge in [-0.15, -0.1) is 10.2 Å². The van der Waals surface area contributed by atoms with Gasteiger partial charge in [0.15, 0.2) is 14.5 Å². The Morgan fingerprint density at radius 2 is 1.89 bits per heavy atom. The maximum Gasteiger partial charge on any atom is 0.175 e. The van der Waals surface area contributed by atoms with Crippen LogP contribution in [0.15, 0.2) is 37.4 Å². The van der Waals surface area contributed by atoms with Gasteiger partial charge in [0.25, 0.3) is 0 Å². The smallest absolute Gasteiger partial charge is 0.175 e. The number of nitrogens with zero attached hydrogens (tertiary/aromatic N) is 2. The monoisotopic (exact) mass is 374 g/mol. The topological polar surface area (TPSA) is 42.9 Å². The highest BCUT2D eigenvalue weighted by molar-refractivity contribution is 9.10. The third-order valence-corrected chi connectivity index (χ3v) is 5.95. The number of rotatable bonds is 5. The van der Waals surface area contributed by atoms with Gasteiger partial charge >= 0.3 is 0 Å². The summed E-state index contributed by atoms with van der Waals surface area (Å²) in [4.78, 5) is 12.3. The van der Waals surface area contributed by atoms with Gasteiger partial charge in [-0.25, -0.2) is 0 Å². The van der Waals surface area contributed by atoms with Crippen LogP contribution in [-0.2, 0) is 0 Å². The molecule has 1 aromatic heterocycles. The molecule has 0 spiro atoms. The van der Waals surface area contributed by atoms with Crippen LogP contribution in [0.3, 0.4) is 0 Å². The van der Waals surface area contributed by atoms with Crippen molar-refractivity contribution in [1.29, 1.82) is 0 Å². The first-order valence-electron chi connectivity index (χ1n) is 5.44. The van der Waals surface area contributed by atoms with Gasteiger partial charge in [0, 0.05) is 10.0 Å². The lowest BCUT2D eigenvalue weighted by molar-refractivity contribution is 0.0994. The first kappa shape index (κ1) is 15.0. The van der Waals surface area contributed by atoms with E-state index in [2.05, 4.69) is 26.1 Å². The summed E-state index contributed by atoms with van der Waals surface area (Å²) < 4.78 is 2.73. The number of thioether (sulfide) groups is 2. The van der Waals surface area contributed by atoms with Crippen molar-refractivity contribution in [2.75, 3.05) is 6.26 Å². The summed E-state index contributed by atoms with van der Waals surface area (Å²) >= 11 is 7.90. The number of halogens is 1. The summed E-state index contributed by atoms with van der Waals surface area (Å²) in [5.74, 6) is 0.110. The van der Waals surface area contributed by atoms with Crippen LogP contribution in [-0.4, -0.2) is 27.5 Å². The molecule has 0 saturated heterocycles. The number of carbonyl (C=O) groups excluding carboxylic acids is 1. The standard InChI is InChI=1S/C12H11BrN2OS3/c1-7(18-12-15-14-11(17-2)19-12)10(16)8-3-5-9(13)6-4-8/h3-7H,1-2H3. The Morgan fingerprint density at radius 3 is 2.47 bits per heavy atom. The maximum absolute atomic E-state index is 12.3. The lowest BCUT2D eigenvalue weighted by atomic mass is 10.1. The zero-order valence-electron chi connectivity index (χ0n) is 10.3. The molecular formula is C12H11BrN2OS3. The third kappa shape index (κ3) is 4.05. The molecule has 1 aromatic carbocycles. The van der Waals surface area contributed by atoms with Gasteiger partial charge in [-0.1, -0.05) is 62.9 Å². The minimum atomic E-state index is -0.163. The van der Waals surface area contributed by atoms with Crippen molar-refractivity contribution < 1.29 is 4.79 Å². The maximum atomic E-state index is 12.3. The van der Waals surface area contributed by atoms with E-state index in [1.54, 1.807) is 11.8 Å². The van der Waals surface area contributed by atoms with Gasteiger partial charge < -0.3 is 0 Å². The van der Waals surface area contributed by atoms with Crippen LogP contribution >= 0.6 is 50.8 Å². The van der Waals surface area contributed by atoms with Crippen molar-refractivity contribution in [3.63, 3.8) is 0 Å². The average Bonchev–Trinajstić information content (AvgIpc) is 2.86. The molecule has 0 N–H and O–H groups in total. The summed E-state index contributed by atoms with van der Waals surface area (Å²) in [7, 11) is 0. The van der Waals surface area contributed by atoms with E-state index in [1.165, 1.54) is 23.1 Å². The highest BCUT2D eigenvalue weighted by Gasteiger charge is 2.18. The molecule has 1 unspecified atom stereocenters. The predicted octanol–water partition coefficient (Wildman–Crippen LogP) is 4.39. The van der Waals surface area contributed by atoms with E-state index in [9.17, 15) is 4.79 Å². The van der Waals surface area contributed by atoms with E-state index in [-0.39, 0.29) is 11.0 Å². The minimum Gasteiger partial charge on any atom is -0.293 e. The number of hydrogen-bond acceptors (Lipinski definition) is 6. The highest BCUT2D eigenvalue weighted by atomic mass is 79.9. The van der Waals surface area contributed by atoms with E-state index in [1.807, 2.05) is 37.4 Å². The number of benzene rings is 1. The Morgan fingerprint density at radius 1 is 1.26 bits per heavy atom. The normalized spacial score (nSPS) is 12.4. The molecule has 0 aliphatic carbocycles. The molecule has 0 radical (unpaired) electrons. The largest absolute Gasteiger partial charge is 0.293 e. The summed E-state index contributed by atoms with van der Waals surface area (Å²) in [6.07, 6.45) is 1.96. The summed E-state index contributed by atoms with van der Waals surface area (Å²) in [5, 5.41) is 7.93. The fourth-order valence-corrected chi connectivity index (χ4v) is 4.30. The number of Topliss-reactive ketones (excluding diaryl/α,β-unsaturated/α-hetero) is 1. The van der Waals surface area contributed by atoms with Crippen LogP contribution in [0.2, 0.25) is 0 Å². The third-order valence-electron chi connectivity index (χ3n) is 2.34. The molecule has 3 nitrogen and oxygen atoms in total. The van der Waals surface area contributed by atoms with Crippen molar-refractivity contribution in [1.82, 2.24) is 10.2 Å². The van der Waals surface area contributed by atoms with Crippen molar-refractivity contribution in [2.45, 2.75) is 20.9 Å². The fraction of sp³-hybridized carbons (Fsp3) is 0.250. The number of ketones is 1. The van der Waals surface area contributed by atoms with Crippen LogP contribution in [0.25, 0.3) is 0 Å². The molecule has 1 atom stereocenters. The van der Waals surface area contributed by atoms with Crippen molar-refractivity contribution in [3.05, 3.63) is 34.3 Å². The first-order valence-corrected chi connectivity index (χ1v) is 9.15. The van der Waals surface area contributed by atoms with Gasteiger partial charge in [0.1, 0.15) is 0 Å². The Bertz CT molecular complexity index is 571. The number of carbonyl (C=O) groups is 1. The SMILES string of the molecule is CSc1nnc(SC(C)C(=O)c2ccc(Br)cc2)s1. The average molecular weight is 375 g/mol. The molecule has 7 heteroatoms. The Balaban J connectivity index is 2.04. The van der Waals surface area contributed by atoms with E-state index in [0.717, 1.165) is 18.7 Å². The molecule has 2 rings (SSSR count). The fourth-order valence-electron chi connectivity index (χ4n) is 1.38. The highest BCUT2D eigenvalue weighted by Crippen LogP contribution is 2.31. The molecule has 1 heterocycles. The molecule has 2 aromatic rings. The zero-order valence-corrected chi connectivity index (χ0v) is 14.3. The second-order valence-electron chi connectivity index (χ2n) is 3.67. The molecule has 0 fully saturated rings. The van der Waals surface area contributed by atoms with Gasteiger partial charge in [-0.05, 0) is 25.3 Å². The Hall–Kier alpha value is -0.370. The molecule has 0 saturated carbocycles. The van der Waals surface area contributed by atoms with Crippen molar-refractivity contribution >= 4 is 56.6 Å². The molecule has 0 aliphatic rings. The second-order valence-corrected chi connectivity index (χ2v) is 8.20. The van der Waals surface area contributed by atoms with Gasteiger partial charge in [-0.2, -0.15) is 0 Å². The Labute approximate surface area is 132 Å². The molecular weight excluding hydrogens is 364 g/mol. The van der Waals surface area contributed by atoms with Crippen LogP contribution < -0.4 is 0 Å². The zero-order chi connectivity index (χ0) is 13.8. The molecule has 100 valence electrons. The number of hydrogen-bond donors (Lipinski definition) is 0. The van der Waals surface area contributed by atoms with Crippen LogP contribution in [0.5, 0.6) is 0 Å². The lowest BCUT2D eigenvalue weighted by Gasteiger charge is -2.07. The first-order chi connectivity index (χ1) is 9.10. The van der Waals surface area contributed by atoms with E-state index in [0.29, 0.717) is 0 Å². The number of aromatic nitrogens is 2. The van der Waals surface area contributed by atoms with Crippen LogP contribution in [0.1, 0.15) is 17.3 Å². The lowest BCUT2D eigenvalue weighted by Crippen LogP contribution is -2.13. The van der Waals surface area contributed by atoms with Crippen LogP contribution in [0.4, 0.5) is 0 Å². The molecule has 0 amide bonds. The van der Waals surface area contributed by atoms with Gasteiger partial charge in [-0.3, -0.25) is 4.79 Å². The van der Waals surface area contributed by atoms with Crippen molar-refractivity contribution in [2.24, 2.45) is 0 Å². The van der Waals surface area contributed by atoms with E-state index in [4.69, 9.17) is 0 Å². The molecule has 0 aliphatic heterocycles. The van der Waals surface area contributed by atoms with Gasteiger partial charge in [0.2, 0.25) is 0 Å². The Kier molecular flexibility index (Phi) is 5.44. The van der Waals surface area contributed by atoms with Gasteiger partial charge in [0.05, 0.1) is 5.25 Å². The second kappa shape index (κ2) is 6.88. The molecule has 19 heavy (non-hydrogen) atoms.